The minimum atomic E-state index is 0.0580. The fraction of sp³-hybridized carbons (Fsp3) is 0.556. The number of carbonyl (C=O) groups is 2. The van der Waals surface area contributed by atoms with Gasteiger partial charge in [0.1, 0.15) is 0 Å². The number of halogens is 2. The van der Waals surface area contributed by atoms with Gasteiger partial charge in [0, 0.05) is 32.6 Å². The van der Waals surface area contributed by atoms with Crippen LogP contribution in [0.4, 0.5) is 0 Å². The zero-order chi connectivity index (χ0) is 17.7. The molecule has 0 aliphatic carbocycles. The second-order valence-electron chi connectivity index (χ2n) is 6.62. The Bertz CT molecular complexity index is 597. The Morgan fingerprint density at radius 2 is 1.58 bits per heavy atom. The van der Waals surface area contributed by atoms with Crippen LogP contribution in [0.1, 0.15) is 32.3 Å². The Hall–Kier alpha value is -1.26. The molecule has 4 nitrogen and oxygen atoms in total. The van der Waals surface area contributed by atoms with Gasteiger partial charge in [-0.2, -0.15) is 0 Å². The number of hydrogen-bond acceptors (Lipinski definition) is 2. The molecule has 0 bridgehead atoms. The van der Waals surface area contributed by atoms with E-state index in [4.69, 9.17) is 23.2 Å². The zero-order valence-electron chi connectivity index (χ0n) is 14.2. The average molecular weight is 371 g/mol. The summed E-state index contributed by atoms with van der Waals surface area (Å²) in [6, 6.07) is 5.25. The smallest absolute Gasteiger partial charge is 0.227 e. The van der Waals surface area contributed by atoms with E-state index in [1.165, 1.54) is 0 Å². The molecule has 1 heterocycles. The van der Waals surface area contributed by atoms with Crippen molar-refractivity contribution in [3.05, 3.63) is 33.8 Å². The molecule has 6 heteroatoms. The number of amides is 2. The summed E-state index contributed by atoms with van der Waals surface area (Å²) < 4.78 is 0. The Balaban J connectivity index is 1.82. The Kier molecular flexibility index (Phi) is 6.93. The summed E-state index contributed by atoms with van der Waals surface area (Å²) in [5.41, 5.74) is 0.852. The van der Waals surface area contributed by atoms with Crippen LogP contribution in [0.3, 0.4) is 0 Å². The Morgan fingerprint density at radius 1 is 1.00 bits per heavy atom. The largest absolute Gasteiger partial charge is 0.339 e. The molecule has 1 aromatic rings. The lowest BCUT2D eigenvalue weighted by atomic mass is 10.1. The van der Waals surface area contributed by atoms with E-state index in [-0.39, 0.29) is 11.8 Å². The summed E-state index contributed by atoms with van der Waals surface area (Å²) in [6.07, 6.45) is 1.81. The van der Waals surface area contributed by atoms with Gasteiger partial charge in [-0.25, -0.2) is 0 Å². The first-order valence-corrected chi connectivity index (χ1v) is 9.12. The SMILES string of the molecule is CC(C)CCC(=O)N1CCN(C(=O)Cc2ccc(Cl)c(Cl)c2)CC1. The summed E-state index contributed by atoms with van der Waals surface area (Å²) in [5.74, 6) is 0.783. The van der Waals surface area contributed by atoms with Gasteiger partial charge in [-0.3, -0.25) is 9.59 Å². The molecule has 1 aromatic carbocycles. The van der Waals surface area contributed by atoms with Crippen LogP contribution in [0.25, 0.3) is 0 Å². The first-order valence-electron chi connectivity index (χ1n) is 8.36. The molecule has 24 heavy (non-hydrogen) atoms. The highest BCUT2D eigenvalue weighted by Crippen LogP contribution is 2.23. The standard InChI is InChI=1S/C18H24Cl2N2O2/c1-13(2)3-6-17(23)21-7-9-22(10-8-21)18(24)12-14-4-5-15(19)16(20)11-14/h4-5,11,13H,3,6-10,12H2,1-2H3. The van der Waals surface area contributed by atoms with Gasteiger partial charge in [-0.05, 0) is 30.0 Å². The third kappa shape index (κ3) is 5.38. The maximum absolute atomic E-state index is 12.4. The molecule has 2 rings (SSSR count). The molecule has 0 aromatic heterocycles. The van der Waals surface area contributed by atoms with E-state index in [2.05, 4.69) is 13.8 Å². The van der Waals surface area contributed by atoms with Gasteiger partial charge < -0.3 is 9.80 Å². The van der Waals surface area contributed by atoms with Crippen molar-refractivity contribution in [2.45, 2.75) is 33.1 Å². The lowest BCUT2D eigenvalue weighted by molar-refractivity contribution is -0.139. The number of carbonyl (C=O) groups excluding carboxylic acids is 2. The van der Waals surface area contributed by atoms with Crippen LogP contribution in [0.5, 0.6) is 0 Å². The maximum Gasteiger partial charge on any atom is 0.227 e. The highest BCUT2D eigenvalue weighted by Gasteiger charge is 2.24. The number of rotatable bonds is 5. The van der Waals surface area contributed by atoms with Crippen LogP contribution in [0.2, 0.25) is 10.0 Å². The molecule has 0 saturated carbocycles. The molecule has 0 spiro atoms. The second kappa shape index (κ2) is 8.72. The van der Waals surface area contributed by atoms with E-state index in [0.717, 1.165) is 12.0 Å². The summed E-state index contributed by atoms with van der Waals surface area (Å²) in [6.45, 7) is 6.65. The molecule has 2 amide bonds. The average Bonchev–Trinajstić information content (AvgIpc) is 2.56. The van der Waals surface area contributed by atoms with E-state index in [9.17, 15) is 9.59 Å². The predicted octanol–water partition coefficient (Wildman–Crippen LogP) is 3.64. The molecule has 1 aliphatic rings. The van der Waals surface area contributed by atoms with E-state index in [0.29, 0.717) is 55.0 Å². The van der Waals surface area contributed by atoms with Gasteiger partial charge >= 0.3 is 0 Å². The zero-order valence-corrected chi connectivity index (χ0v) is 15.7. The summed E-state index contributed by atoms with van der Waals surface area (Å²) in [5, 5.41) is 0.948. The van der Waals surface area contributed by atoms with Crippen molar-refractivity contribution in [2.24, 2.45) is 5.92 Å². The molecular weight excluding hydrogens is 347 g/mol. The first-order chi connectivity index (χ1) is 11.4. The summed E-state index contributed by atoms with van der Waals surface area (Å²) in [4.78, 5) is 28.2. The van der Waals surface area contributed by atoms with Crippen molar-refractivity contribution in [1.82, 2.24) is 9.80 Å². The molecule has 1 saturated heterocycles. The maximum atomic E-state index is 12.4. The van der Waals surface area contributed by atoms with Gasteiger partial charge in [-0.1, -0.05) is 43.1 Å². The first kappa shape index (κ1) is 19.1. The molecule has 0 atom stereocenters. The number of benzene rings is 1. The number of hydrogen-bond donors (Lipinski definition) is 0. The minimum Gasteiger partial charge on any atom is -0.339 e. The lowest BCUT2D eigenvalue weighted by Gasteiger charge is -2.35. The van der Waals surface area contributed by atoms with Crippen LogP contribution in [-0.4, -0.2) is 47.8 Å². The van der Waals surface area contributed by atoms with Crippen molar-refractivity contribution in [2.75, 3.05) is 26.2 Å². The fourth-order valence-corrected chi connectivity index (χ4v) is 3.03. The highest BCUT2D eigenvalue weighted by atomic mass is 35.5. The summed E-state index contributed by atoms with van der Waals surface area (Å²) >= 11 is 11.9. The topological polar surface area (TPSA) is 40.6 Å². The monoisotopic (exact) mass is 370 g/mol. The van der Waals surface area contributed by atoms with Crippen molar-refractivity contribution in [3.63, 3.8) is 0 Å². The van der Waals surface area contributed by atoms with Crippen molar-refractivity contribution >= 4 is 35.0 Å². The second-order valence-corrected chi connectivity index (χ2v) is 7.43. The molecule has 0 N–H and O–H groups in total. The third-order valence-electron chi connectivity index (χ3n) is 4.26. The summed E-state index contributed by atoms with van der Waals surface area (Å²) in [7, 11) is 0. The Morgan fingerprint density at radius 3 is 2.12 bits per heavy atom. The Labute approximate surface area is 153 Å². The van der Waals surface area contributed by atoms with Gasteiger partial charge in [0.05, 0.1) is 16.5 Å². The van der Waals surface area contributed by atoms with E-state index in [1.807, 2.05) is 15.9 Å². The molecule has 1 aliphatic heterocycles. The van der Waals surface area contributed by atoms with Gasteiger partial charge in [0.25, 0.3) is 0 Å². The predicted molar refractivity (Wildman–Crippen MR) is 97.4 cm³/mol. The number of piperazine rings is 1. The van der Waals surface area contributed by atoms with Crippen LogP contribution in [-0.2, 0) is 16.0 Å². The van der Waals surface area contributed by atoms with Crippen molar-refractivity contribution in [1.29, 1.82) is 0 Å². The normalized spacial score (nSPS) is 15.0. The molecule has 132 valence electrons. The third-order valence-corrected chi connectivity index (χ3v) is 5.00. The fourth-order valence-electron chi connectivity index (χ4n) is 2.71. The minimum absolute atomic E-state index is 0.0580. The van der Waals surface area contributed by atoms with E-state index in [1.54, 1.807) is 12.1 Å². The van der Waals surface area contributed by atoms with Crippen molar-refractivity contribution < 1.29 is 9.59 Å². The molecular formula is C18H24Cl2N2O2. The molecule has 0 unspecified atom stereocenters. The van der Waals surface area contributed by atoms with Crippen molar-refractivity contribution in [3.8, 4) is 0 Å². The molecule has 0 radical (unpaired) electrons. The van der Waals surface area contributed by atoms with E-state index >= 15 is 0 Å². The van der Waals surface area contributed by atoms with E-state index < -0.39 is 0 Å². The van der Waals surface area contributed by atoms with Gasteiger partial charge in [0.2, 0.25) is 11.8 Å². The van der Waals surface area contributed by atoms with Gasteiger partial charge in [-0.15, -0.1) is 0 Å². The quantitative estimate of drug-likeness (QED) is 0.793. The van der Waals surface area contributed by atoms with Crippen LogP contribution < -0.4 is 0 Å². The van der Waals surface area contributed by atoms with Crippen LogP contribution >= 0.6 is 23.2 Å². The molecule has 1 fully saturated rings. The van der Waals surface area contributed by atoms with Crippen LogP contribution in [0, 0.1) is 5.92 Å². The van der Waals surface area contributed by atoms with Crippen LogP contribution in [0.15, 0.2) is 18.2 Å². The van der Waals surface area contributed by atoms with Gasteiger partial charge in [0.15, 0.2) is 0 Å². The highest BCUT2D eigenvalue weighted by molar-refractivity contribution is 6.42. The lowest BCUT2D eigenvalue weighted by Crippen LogP contribution is -2.51. The number of nitrogens with zero attached hydrogens (tertiary/aromatic N) is 2.